The molecule has 2 aliphatic rings. The molecule has 3 aromatic rings. The summed E-state index contributed by atoms with van der Waals surface area (Å²) in [6.07, 6.45) is 6.97. The van der Waals surface area contributed by atoms with Crippen LogP contribution in [0.4, 0.5) is 10.5 Å². The predicted molar refractivity (Wildman–Crippen MR) is 127 cm³/mol. The van der Waals surface area contributed by atoms with Gasteiger partial charge in [-0.05, 0) is 77.4 Å². The first-order chi connectivity index (χ1) is 14.5. The third kappa shape index (κ3) is 3.30. The van der Waals surface area contributed by atoms with Gasteiger partial charge in [-0.25, -0.2) is 4.79 Å². The van der Waals surface area contributed by atoms with E-state index in [2.05, 4.69) is 58.0 Å². The highest BCUT2D eigenvalue weighted by Crippen LogP contribution is 2.44. The zero-order valence-corrected chi connectivity index (χ0v) is 19.7. The largest absolute Gasteiger partial charge is 0.322 e. The Morgan fingerprint density at radius 2 is 1.93 bits per heavy atom. The number of thiophene rings is 1. The van der Waals surface area contributed by atoms with Gasteiger partial charge in [0.25, 0.3) is 0 Å². The van der Waals surface area contributed by atoms with Crippen molar-refractivity contribution in [3.05, 3.63) is 68.8 Å². The number of nitrogens with one attached hydrogen (secondary N) is 1. The van der Waals surface area contributed by atoms with Crippen molar-refractivity contribution < 1.29 is 4.79 Å². The summed E-state index contributed by atoms with van der Waals surface area (Å²) in [7, 11) is 0. The molecule has 5 rings (SSSR count). The highest BCUT2D eigenvalue weighted by Gasteiger charge is 2.36. The number of halogens is 1. The summed E-state index contributed by atoms with van der Waals surface area (Å²) in [4.78, 5) is 17.2. The van der Waals surface area contributed by atoms with Crippen LogP contribution in [0.2, 0.25) is 0 Å². The third-order valence-corrected chi connectivity index (χ3v) is 8.26. The van der Waals surface area contributed by atoms with E-state index < -0.39 is 0 Å². The molecule has 1 unspecified atom stereocenters. The fourth-order valence-corrected chi connectivity index (χ4v) is 6.66. The normalized spacial score (nSPS) is 17.9. The van der Waals surface area contributed by atoms with E-state index in [-0.39, 0.29) is 12.1 Å². The van der Waals surface area contributed by atoms with Gasteiger partial charge >= 0.3 is 6.03 Å². The van der Waals surface area contributed by atoms with E-state index in [1.807, 2.05) is 40.5 Å². The minimum Gasteiger partial charge on any atom is -0.311 e. The lowest BCUT2D eigenvalue weighted by atomic mass is 9.94. The van der Waals surface area contributed by atoms with E-state index >= 15 is 0 Å². The Hall–Kier alpha value is -2.05. The summed E-state index contributed by atoms with van der Waals surface area (Å²) in [5.74, 6) is 0.299. The Morgan fingerprint density at radius 1 is 1.13 bits per heavy atom. The maximum Gasteiger partial charge on any atom is 0.322 e. The molecule has 6 heteroatoms. The van der Waals surface area contributed by atoms with Crippen molar-refractivity contribution in [2.75, 3.05) is 5.32 Å². The molecular weight excluding hydrogens is 458 g/mol. The van der Waals surface area contributed by atoms with Crippen LogP contribution in [0.3, 0.4) is 0 Å². The number of benzene rings is 1. The summed E-state index contributed by atoms with van der Waals surface area (Å²) in [5.41, 5.74) is 4.84. The molecule has 1 atom stereocenters. The van der Waals surface area contributed by atoms with E-state index in [9.17, 15) is 4.79 Å². The number of rotatable bonds is 2. The van der Waals surface area contributed by atoms with Crippen LogP contribution in [-0.2, 0) is 19.4 Å². The number of nitrogens with zero attached hydrogens (tertiary/aromatic N) is 2. The molecule has 30 heavy (non-hydrogen) atoms. The quantitative estimate of drug-likeness (QED) is 0.421. The summed E-state index contributed by atoms with van der Waals surface area (Å²) in [6, 6.07) is 12.1. The van der Waals surface area contributed by atoms with Crippen LogP contribution in [0, 0.1) is 5.92 Å². The van der Waals surface area contributed by atoms with Crippen molar-refractivity contribution >= 4 is 39.0 Å². The second-order valence-corrected chi connectivity index (χ2v) is 10.5. The molecule has 156 valence electrons. The Balaban J connectivity index is 1.61. The van der Waals surface area contributed by atoms with E-state index in [0.29, 0.717) is 12.5 Å². The summed E-state index contributed by atoms with van der Waals surface area (Å²) in [5, 5.41) is 4.46. The average Bonchev–Trinajstić information content (AvgIpc) is 3.31. The highest BCUT2D eigenvalue weighted by atomic mass is 79.9. The van der Waals surface area contributed by atoms with Gasteiger partial charge in [0.2, 0.25) is 0 Å². The van der Waals surface area contributed by atoms with Crippen molar-refractivity contribution in [2.24, 2.45) is 5.92 Å². The fraction of sp³-hybridized carbons (Fsp3) is 0.375. The molecule has 0 spiro atoms. The molecule has 0 radical (unpaired) electrons. The Labute approximate surface area is 190 Å². The standard InChI is InChI=1S/C24H26BrN3OS/c1-15(2)22-20-11-7-13-27(20)23-17(16-8-3-6-12-21(16)30-23)14-28(22)24(29)26-19-10-5-4-9-18(19)25/h4-5,7,9-11,13,15,22H,3,6,8,12,14H2,1-2H3,(H,26,29). The number of hydrogen-bond donors (Lipinski definition) is 1. The number of amides is 2. The summed E-state index contributed by atoms with van der Waals surface area (Å²) >= 11 is 5.49. The smallest absolute Gasteiger partial charge is 0.311 e. The van der Waals surface area contributed by atoms with E-state index in [1.54, 1.807) is 0 Å². The molecule has 2 amide bonds. The maximum atomic E-state index is 13.6. The molecule has 1 aromatic carbocycles. The molecule has 1 aliphatic heterocycles. The molecule has 0 saturated heterocycles. The molecule has 0 saturated carbocycles. The van der Waals surface area contributed by atoms with Crippen molar-refractivity contribution in [1.82, 2.24) is 9.47 Å². The lowest BCUT2D eigenvalue weighted by Crippen LogP contribution is -2.39. The second-order valence-electron chi connectivity index (χ2n) is 8.52. The van der Waals surface area contributed by atoms with Crippen molar-refractivity contribution in [3.63, 3.8) is 0 Å². The molecular formula is C24H26BrN3OS. The molecule has 1 aliphatic carbocycles. The van der Waals surface area contributed by atoms with Crippen molar-refractivity contribution in [1.29, 1.82) is 0 Å². The molecule has 4 nitrogen and oxygen atoms in total. The molecule has 0 bridgehead atoms. The van der Waals surface area contributed by atoms with Crippen LogP contribution < -0.4 is 5.32 Å². The monoisotopic (exact) mass is 483 g/mol. The van der Waals surface area contributed by atoms with Crippen LogP contribution in [0.5, 0.6) is 0 Å². The van der Waals surface area contributed by atoms with E-state index in [0.717, 1.165) is 16.6 Å². The third-order valence-electron chi connectivity index (χ3n) is 6.23. The molecule has 2 aromatic heterocycles. The van der Waals surface area contributed by atoms with Gasteiger partial charge in [-0.2, -0.15) is 0 Å². The number of hydrogen-bond acceptors (Lipinski definition) is 2. The second kappa shape index (κ2) is 7.89. The van der Waals surface area contributed by atoms with Gasteiger partial charge in [-0.1, -0.05) is 26.0 Å². The van der Waals surface area contributed by atoms with Crippen molar-refractivity contribution in [3.8, 4) is 5.00 Å². The number of carbonyl (C=O) groups excluding carboxylic acids is 1. The number of anilines is 1. The molecule has 3 heterocycles. The lowest BCUT2D eigenvalue weighted by Gasteiger charge is -2.33. The Morgan fingerprint density at radius 3 is 2.73 bits per heavy atom. The number of aromatic nitrogens is 1. The van der Waals surface area contributed by atoms with Gasteiger partial charge < -0.3 is 14.8 Å². The van der Waals surface area contributed by atoms with Crippen LogP contribution in [0.1, 0.15) is 54.4 Å². The van der Waals surface area contributed by atoms with Gasteiger partial charge in [-0.3, -0.25) is 0 Å². The van der Waals surface area contributed by atoms with E-state index in [1.165, 1.54) is 46.0 Å². The minimum atomic E-state index is -0.0445. The van der Waals surface area contributed by atoms with Crippen LogP contribution in [0.15, 0.2) is 47.1 Å². The molecule has 0 fully saturated rings. The van der Waals surface area contributed by atoms with Crippen LogP contribution in [-0.4, -0.2) is 15.5 Å². The van der Waals surface area contributed by atoms with Crippen LogP contribution in [0.25, 0.3) is 5.00 Å². The first kappa shape index (κ1) is 19.9. The summed E-state index contributed by atoms with van der Waals surface area (Å²) < 4.78 is 3.24. The van der Waals surface area contributed by atoms with Gasteiger partial charge in [-0.15, -0.1) is 11.3 Å². The van der Waals surface area contributed by atoms with Gasteiger partial charge in [0, 0.05) is 26.8 Å². The number of fused-ring (bicyclic) bond motifs is 5. The summed E-state index contributed by atoms with van der Waals surface area (Å²) in [6.45, 7) is 5.06. The van der Waals surface area contributed by atoms with E-state index in [4.69, 9.17) is 0 Å². The van der Waals surface area contributed by atoms with Gasteiger partial charge in [0.1, 0.15) is 5.00 Å². The Bertz CT molecular complexity index is 1100. The fourth-order valence-electron chi connectivity index (χ4n) is 4.87. The number of para-hydroxylation sites is 1. The number of carbonyl (C=O) groups is 1. The number of aryl methyl sites for hydroxylation is 1. The highest BCUT2D eigenvalue weighted by molar-refractivity contribution is 9.10. The minimum absolute atomic E-state index is 0.0151. The number of urea groups is 1. The Kier molecular flexibility index (Phi) is 5.23. The van der Waals surface area contributed by atoms with Gasteiger partial charge in [0.15, 0.2) is 0 Å². The van der Waals surface area contributed by atoms with Crippen molar-refractivity contribution in [2.45, 2.75) is 52.1 Å². The van der Waals surface area contributed by atoms with Crippen LogP contribution >= 0.6 is 27.3 Å². The lowest BCUT2D eigenvalue weighted by molar-refractivity contribution is 0.161. The topological polar surface area (TPSA) is 37.3 Å². The zero-order chi connectivity index (χ0) is 20.8. The zero-order valence-electron chi connectivity index (χ0n) is 17.3. The SMILES string of the molecule is CC(C)C1c2cccn2-c2sc3c(c2CN1C(=O)Nc1ccccc1Br)CCCC3. The molecule has 1 N–H and O–H groups in total. The average molecular weight is 484 g/mol. The van der Waals surface area contributed by atoms with Gasteiger partial charge in [0.05, 0.1) is 18.3 Å². The first-order valence-corrected chi connectivity index (χ1v) is 12.3. The predicted octanol–water partition coefficient (Wildman–Crippen LogP) is 6.92. The first-order valence-electron chi connectivity index (χ1n) is 10.7. The maximum absolute atomic E-state index is 13.6.